The molecule has 0 fully saturated rings. The van der Waals surface area contributed by atoms with E-state index in [2.05, 4.69) is 26.2 Å². The maximum absolute atomic E-state index is 4.59. The van der Waals surface area contributed by atoms with Gasteiger partial charge in [0.1, 0.15) is 0 Å². The molecule has 0 saturated carbocycles. The minimum absolute atomic E-state index is 0.874. The summed E-state index contributed by atoms with van der Waals surface area (Å²) < 4.78 is 1.85. The number of fused-ring (bicyclic) bond motifs is 1. The summed E-state index contributed by atoms with van der Waals surface area (Å²) >= 11 is 1.60. The van der Waals surface area contributed by atoms with Crippen LogP contribution in [0.4, 0.5) is 0 Å². The van der Waals surface area contributed by atoms with Gasteiger partial charge in [0.2, 0.25) is 0 Å². The summed E-state index contributed by atoms with van der Waals surface area (Å²) in [6.45, 7) is 2.92. The van der Waals surface area contributed by atoms with Gasteiger partial charge in [-0.05, 0) is 6.26 Å². The number of hydrogen-bond acceptors (Lipinski definition) is 5. The predicted molar refractivity (Wildman–Crippen MR) is 74.8 cm³/mol. The van der Waals surface area contributed by atoms with Crippen molar-refractivity contribution in [2.45, 2.75) is 24.7 Å². The first kappa shape index (κ1) is 12.6. The molecule has 0 aromatic carbocycles. The van der Waals surface area contributed by atoms with Crippen LogP contribution < -0.4 is 0 Å². The molecule has 0 amide bonds. The molecule has 3 heterocycles. The summed E-state index contributed by atoms with van der Waals surface area (Å²) in [5, 5.41) is 5.09. The molecule has 100 valence electrons. The van der Waals surface area contributed by atoms with Gasteiger partial charge in [-0.25, -0.2) is 9.97 Å². The lowest BCUT2D eigenvalue weighted by atomic mass is 10.1. The van der Waals surface area contributed by atoms with E-state index in [0.29, 0.717) is 0 Å². The van der Waals surface area contributed by atoms with Crippen molar-refractivity contribution in [3.05, 3.63) is 35.4 Å². The second-order valence-corrected chi connectivity index (χ2v) is 5.58. The Balaban J connectivity index is 1.71. The maximum atomic E-state index is 4.59. The molecule has 1 aliphatic heterocycles. The molecule has 0 bridgehead atoms. The normalized spacial score (nSPS) is 15.5. The van der Waals surface area contributed by atoms with E-state index >= 15 is 0 Å². The zero-order valence-electron chi connectivity index (χ0n) is 11.2. The Morgan fingerprint density at radius 3 is 3.00 bits per heavy atom. The summed E-state index contributed by atoms with van der Waals surface area (Å²) in [6, 6.07) is 0. The predicted octanol–water partition coefficient (Wildman–Crippen LogP) is 1.49. The van der Waals surface area contributed by atoms with Crippen LogP contribution in [0.3, 0.4) is 0 Å². The van der Waals surface area contributed by atoms with Crippen LogP contribution in [0.2, 0.25) is 0 Å². The van der Waals surface area contributed by atoms with Crippen LogP contribution in [-0.4, -0.2) is 37.4 Å². The third-order valence-electron chi connectivity index (χ3n) is 3.34. The van der Waals surface area contributed by atoms with Crippen molar-refractivity contribution in [1.29, 1.82) is 0 Å². The van der Waals surface area contributed by atoms with Crippen molar-refractivity contribution in [3.63, 3.8) is 0 Å². The fourth-order valence-corrected chi connectivity index (χ4v) is 2.76. The lowest BCUT2D eigenvalue weighted by molar-refractivity contribution is 0.242. The molecular weight excluding hydrogens is 258 g/mol. The SMILES string of the molecule is CSc1ncc2c(n1)CCN(Cc1cnn(C)c1)C2. The van der Waals surface area contributed by atoms with Gasteiger partial charge in [0.25, 0.3) is 0 Å². The Hall–Kier alpha value is -1.40. The largest absolute Gasteiger partial charge is 0.294 e. The highest BCUT2D eigenvalue weighted by atomic mass is 32.2. The van der Waals surface area contributed by atoms with Crippen molar-refractivity contribution in [1.82, 2.24) is 24.6 Å². The number of nitrogens with zero attached hydrogens (tertiary/aromatic N) is 5. The molecule has 2 aromatic rings. The highest BCUT2D eigenvalue weighted by Crippen LogP contribution is 2.20. The van der Waals surface area contributed by atoms with E-state index in [1.807, 2.05) is 30.4 Å². The minimum Gasteiger partial charge on any atom is -0.294 e. The third-order valence-corrected chi connectivity index (χ3v) is 3.90. The third kappa shape index (κ3) is 2.79. The van der Waals surface area contributed by atoms with Gasteiger partial charge in [-0.1, -0.05) is 11.8 Å². The van der Waals surface area contributed by atoms with Gasteiger partial charge in [-0.2, -0.15) is 5.10 Å². The van der Waals surface area contributed by atoms with E-state index in [1.165, 1.54) is 16.8 Å². The molecule has 2 aromatic heterocycles. The van der Waals surface area contributed by atoms with Crippen molar-refractivity contribution in [2.75, 3.05) is 12.8 Å². The number of aromatic nitrogens is 4. The van der Waals surface area contributed by atoms with Crippen LogP contribution in [0.15, 0.2) is 23.7 Å². The van der Waals surface area contributed by atoms with Gasteiger partial charge in [0.15, 0.2) is 5.16 Å². The Bertz CT molecular complexity index is 580. The van der Waals surface area contributed by atoms with Crippen molar-refractivity contribution >= 4 is 11.8 Å². The molecule has 19 heavy (non-hydrogen) atoms. The molecule has 0 saturated heterocycles. The number of aryl methyl sites for hydroxylation is 1. The first-order valence-corrected chi connectivity index (χ1v) is 7.56. The van der Waals surface area contributed by atoms with Crippen LogP contribution in [0.25, 0.3) is 0 Å². The average Bonchev–Trinajstić information content (AvgIpc) is 2.83. The van der Waals surface area contributed by atoms with Gasteiger partial charge >= 0.3 is 0 Å². The van der Waals surface area contributed by atoms with Crippen LogP contribution in [-0.2, 0) is 26.6 Å². The molecule has 3 rings (SSSR count). The van der Waals surface area contributed by atoms with Crippen LogP contribution in [0.1, 0.15) is 16.8 Å². The summed E-state index contributed by atoms with van der Waals surface area (Å²) in [5.41, 5.74) is 3.72. The van der Waals surface area contributed by atoms with E-state index in [1.54, 1.807) is 11.8 Å². The van der Waals surface area contributed by atoms with E-state index < -0.39 is 0 Å². The van der Waals surface area contributed by atoms with Crippen LogP contribution in [0.5, 0.6) is 0 Å². The van der Waals surface area contributed by atoms with Crippen molar-refractivity contribution < 1.29 is 0 Å². The molecule has 1 aliphatic rings. The Morgan fingerprint density at radius 1 is 1.37 bits per heavy atom. The van der Waals surface area contributed by atoms with Gasteiger partial charge in [0.05, 0.1) is 11.9 Å². The summed E-state index contributed by atoms with van der Waals surface area (Å²) in [5.74, 6) is 0. The summed E-state index contributed by atoms with van der Waals surface area (Å²) in [6.07, 6.45) is 9.00. The van der Waals surface area contributed by atoms with Gasteiger partial charge in [-0.3, -0.25) is 9.58 Å². The molecule has 6 heteroatoms. The first-order chi connectivity index (χ1) is 9.24. The number of rotatable bonds is 3. The topological polar surface area (TPSA) is 46.8 Å². The van der Waals surface area contributed by atoms with Gasteiger partial charge in [0, 0.05) is 56.6 Å². The Labute approximate surface area is 117 Å². The van der Waals surface area contributed by atoms with Crippen LogP contribution in [0, 0.1) is 0 Å². The molecule has 0 spiro atoms. The van der Waals surface area contributed by atoms with Crippen LogP contribution >= 0.6 is 11.8 Å². The maximum Gasteiger partial charge on any atom is 0.187 e. The van der Waals surface area contributed by atoms with E-state index in [0.717, 1.165) is 31.2 Å². The standard InChI is InChI=1S/C13H17N5S/c1-17-7-10(5-15-17)8-18-4-3-12-11(9-18)6-14-13(16-12)19-2/h5-7H,3-4,8-9H2,1-2H3. The summed E-state index contributed by atoms with van der Waals surface area (Å²) in [4.78, 5) is 11.4. The fourth-order valence-electron chi connectivity index (χ4n) is 2.40. The molecular formula is C13H17N5S. The second-order valence-electron chi connectivity index (χ2n) is 4.81. The van der Waals surface area contributed by atoms with E-state index in [-0.39, 0.29) is 0 Å². The monoisotopic (exact) mass is 275 g/mol. The lowest BCUT2D eigenvalue weighted by Gasteiger charge is -2.27. The molecule has 0 atom stereocenters. The van der Waals surface area contributed by atoms with E-state index in [9.17, 15) is 0 Å². The Kier molecular flexibility index (Phi) is 3.52. The minimum atomic E-state index is 0.874. The quantitative estimate of drug-likeness (QED) is 0.627. The van der Waals surface area contributed by atoms with Crippen molar-refractivity contribution in [3.8, 4) is 0 Å². The van der Waals surface area contributed by atoms with Gasteiger partial charge in [-0.15, -0.1) is 0 Å². The molecule has 0 aliphatic carbocycles. The molecule has 0 unspecified atom stereocenters. The Morgan fingerprint density at radius 2 is 2.26 bits per heavy atom. The van der Waals surface area contributed by atoms with Gasteiger partial charge < -0.3 is 0 Å². The number of thioether (sulfide) groups is 1. The van der Waals surface area contributed by atoms with Crippen molar-refractivity contribution in [2.24, 2.45) is 7.05 Å². The molecule has 0 radical (unpaired) electrons. The highest BCUT2D eigenvalue weighted by Gasteiger charge is 2.18. The fraction of sp³-hybridized carbons (Fsp3) is 0.462. The zero-order valence-corrected chi connectivity index (χ0v) is 12.0. The smallest absolute Gasteiger partial charge is 0.187 e. The molecule has 0 N–H and O–H groups in total. The summed E-state index contributed by atoms with van der Waals surface area (Å²) in [7, 11) is 1.95. The zero-order chi connectivity index (χ0) is 13.2. The first-order valence-electron chi connectivity index (χ1n) is 6.33. The lowest BCUT2D eigenvalue weighted by Crippen LogP contribution is -2.30. The number of hydrogen-bond donors (Lipinski definition) is 0. The van der Waals surface area contributed by atoms with E-state index in [4.69, 9.17) is 0 Å². The highest BCUT2D eigenvalue weighted by molar-refractivity contribution is 7.98. The average molecular weight is 275 g/mol. The molecule has 5 nitrogen and oxygen atoms in total. The second kappa shape index (κ2) is 5.30.